The first-order valence-corrected chi connectivity index (χ1v) is 13.1. The van der Waals surface area contributed by atoms with Crippen LogP contribution in [0.15, 0.2) is 59.9 Å². The highest BCUT2D eigenvalue weighted by Gasteiger charge is 2.22. The van der Waals surface area contributed by atoms with E-state index in [1.807, 2.05) is 60.1 Å². The molecule has 5 rings (SSSR count). The summed E-state index contributed by atoms with van der Waals surface area (Å²) in [6.07, 6.45) is 3.44. The van der Waals surface area contributed by atoms with Crippen molar-refractivity contribution in [1.29, 1.82) is 0 Å². The second kappa shape index (κ2) is 10.1. The molecule has 0 fully saturated rings. The molecule has 37 heavy (non-hydrogen) atoms. The molecule has 8 nitrogen and oxygen atoms in total. The molecule has 0 saturated carbocycles. The van der Waals surface area contributed by atoms with Crippen molar-refractivity contribution >= 4 is 80.5 Å². The molecule has 12 heteroatoms. The molecule has 0 aliphatic rings. The third-order valence-electron chi connectivity index (χ3n) is 5.17. The first kappa shape index (κ1) is 25.7. The van der Waals surface area contributed by atoms with Crippen molar-refractivity contribution in [3.63, 3.8) is 0 Å². The van der Waals surface area contributed by atoms with Crippen LogP contribution in [-0.4, -0.2) is 42.6 Å². The molecule has 0 radical (unpaired) electrons. The largest absolute Gasteiger partial charge is 0.459 e. The molecule has 0 saturated heterocycles. The van der Waals surface area contributed by atoms with Crippen LogP contribution in [0.25, 0.3) is 27.9 Å². The quantitative estimate of drug-likeness (QED) is 0.131. The molecule has 0 aliphatic carbocycles. The Morgan fingerprint density at radius 1 is 1.08 bits per heavy atom. The predicted octanol–water partition coefficient (Wildman–Crippen LogP) is 7.11. The Hall–Kier alpha value is -2.98. The maximum absolute atomic E-state index is 12.8. The summed E-state index contributed by atoms with van der Waals surface area (Å²) < 4.78 is 9.33. The lowest BCUT2D eigenvalue weighted by Gasteiger charge is -2.26. The lowest BCUT2D eigenvalue weighted by molar-refractivity contribution is -0.152. The van der Waals surface area contributed by atoms with Crippen LogP contribution in [0, 0.1) is 0 Å². The molecule has 0 unspecified atom stereocenters. The van der Waals surface area contributed by atoms with Gasteiger partial charge in [0.25, 0.3) is 0 Å². The maximum Gasteiger partial charge on any atom is 0.327 e. The van der Waals surface area contributed by atoms with Crippen LogP contribution in [0.1, 0.15) is 20.8 Å². The summed E-state index contributed by atoms with van der Waals surface area (Å²) in [5.41, 5.74) is 2.22. The highest BCUT2D eigenvalue weighted by atomic mass is 35.5. The highest BCUT2D eigenvalue weighted by Crippen LogP contribution is 2.35. The Labute approximate surface area is 232 Å². The number of hydrogen-bond donors (Lipinski definition) is 1. The Balaban J connectivity index is 1.53. The van der Waals surface area contributed by atoms with E-state index in [4.69, 9.17) is 39.5 Å². The number of carbonyl (C=O) groups is 1. The van der Waals surface area contributed by atoms with E-state index in [1.165, 1.54) is 11.9 Å². The van der Waals surface area contributed by atoms with Gasteiger partial charge in [-0.3, -0.25) is 9.36 Å². The van der Waals surface area contributed by atoms with Crippen LogP contribution < -0.4 is 4.31 Å². The molecular weight excluding hydrogens is 555 g/mol. The molecule has 0 amide bonds. The monoisotopic (exact) mass is 574 g/mol. The number of benzene rings is 2. The number of halogens is 3. The normalized spacial score (nSPS) is 11.8. The van der Waals surface area contributed by atoms with Crippen LogP contribution in [0.4, 0.5) is 5.69 Å². The van der Waals surface area contributed by atoms with Gasteiger partial charge in [0.1, 0.15) is 12.1 Å². The topological polar surface area (TPSA) is 88.9 Å². The number of nitrogens with zero attached hydrogens (tertiary/aromatic N) is 5. The number of ether oxygens (including phenoxy) is 1. The third kappa shape index (κ3) is 5.80. The Bertz CT molecular complexity index is 1610. The smallest absolute Gasteiger partial charge is 0.327 e. The molecule has 0 atom stereocenters. The van der Waals surface area contributed by atoms with Gasteiger partial charge in [-0.2, -0.15) is 9.97 Å². The van der Waals surface area contributed by atoms with Gasteiger partial charge in [0.05, 0.1) is 11.8 Å². The van der Waals surface area contributed by atoms with Gasteiger partial charge in [0.2, 0.25) is 5.28 Å². The van der Waals surface area contributed by atoms with Crippen molar-refractivity contribution in [3.05, 3.63) is 70.3 Å². The molecule has 0 aliphatic heterocycles. The Kier molecular flexibility index (Phi) is 6.97. The van der Waals surface area contributed by atoms with Crippen LogP contribution in [-0.2, 0) is 9.53 Å². The van der Waals surface area contributed by atoms with Gasteiger partial charge in [0.15, 0.2) is 17.0 Å². The standard InChI is InChI=1S/C25H21Cl3N6O2S/c1-25(2,3)36-20(35)12-34(37-18-10-15(26)9-16(27)11-18)17-4-5-19-14(8-17)6-7-33(19)23-21-22(30-13-29-21)31-24(28)32-23/h4-11,13H,12H2,1-3H3,(H,29,30,31,32). The van der Waals surface area contributed by atoms with Crippen LogP contribution >= 0.6 is 46.8 Å². The lowest BCUT2D eigenvalue weighted by Crippen LogP contribution is -2.31. The van der Waals surface area contributed by atoms with E-state index in [0.29, 0.717) is 27.0 Å². The molecule has 190 valence electrons. The molecule has 0 bridgehead atoms. The van der Waals surface area contributed by atoms with E-state index < -0.39 is 5.60 Å². The van der Waals surface area contributed by atoms with E-state index in [2.05, 4.69) is 19.9 Å². The van der Waals surface area contributed by atoms with Crippen LogP contribution in [0.3, 0.4) is 0 Å². The number of imidazole rings is 1. The summed E-state index contributed by atoms with van der Waals surface area (Å²) in [4.78, 5) is 29.5. The van der Waals surface area contributed by atoms with Crippen molar-refractivity contribution in [1.82, 2.24) is 24.5 Å². The van der Waals surface area contributed by atoms with Gasteiger partial charge in [-0.05, 0) is 86.8 Å². The first-order chi connectivity index (χ1) is 17.6. The highest BCUT2D eigenvalue weighted by molar-refractivity contribution is 8.00. The molecule has 5 aromatic rings. The Morgan fingerprint density at radius 2 is 1.84 bits per heavy atom. The van der Waals surface area contributed by atoms with Gasteiger partial charge >= 0.3 is 5.97 Å². The van der Waals surface area contributed by atoms with Crippen LogP contribution in [0.5, 0.6) is 0 Å². The average Bonchev–Trinajstić information content (AvgIpc) is 3.42. The van der Waals surface area contributed by atoms with Crippen LogP contribution in [0.2, 0.25) is 15.3 Å². The third-order valence-corrected chi connectivity index (χ3v) is 6.78. The summed E-state index contributed by atoms with van der Waals surface area (Å²) in [7, 11) is 0. The molecule has 3 heterocycles. The van der Waals surface area contributed by atoms with Gasteiger partial charge in [0, 0.05) is 32.2 Å². The minimum atomic E-state index is -0.607. The van der Waals surface area contributed by atoms with E-state index in [9.17, 15) is 4.79 Å². The number of anilines is 1. The van der Waals surface area contributed by atoms with Crippen molar-refractivity contribution in [3.8, 4) is 5.82 Å². The number of esters is 1. The zero-order valence-corrected chi connectivity index (χ0v) is 23.1. The summed E-state index contributed by atoms with van der Waals surface area (Å²) in [5.74, 6) is 0.204. The number of carbonyl (C=O) groups excluding carboxylic acids is 1. The van der Waals surface area contributed by atoms with Crippen molar-refractivity contribution in [2.24, 2.45) is 0 Å². The molecule has 0 spiro atoms. The number of hydrogen-bond acceptors (Lipinski definition) is 7. The summed E-state index contributed by atoms with van der Waals surface area (Å²) in [5, 5.41) is 2.06. The Morgan fingerprint density at radius 3 is 2.57 bits per heavy atom. The fourth-order valence-electron chi connectivity index (χ4n) is 3.81. The molecular formula is C25H21Cl3N6O2S. The lowest BCUT2D eigenvalue weighted by atomic mass is 10.2. The van der Waals surface area contributed by atoms with Gasteiger partial charge in [-0.1, -0.05) is 23.2 Å². The van der Waals surface area contributed by atoms with Gasteiger partial charge in [-0.25, -0.2) is 4.98 Å². The zero-order valence-electron chi connectivity index (χ0n) is 20.0. The summed E-state index contributed by atoms with van der Waals surface area (Å²) in [6.45, 7) is 5.52. The number of rotatable bonds is 6. The van der Waals surface area contributed by atoms with Crippen molar-refractivity contribution < 1.29 is 9.53 Å². The van der Waals surface area contributed by atoms with Gasteiger partial charge in [-0.15, -0.1) is 0 Å². The second-order valence-electron chi connectivity index (χ2n) is 9.16. The first-order valence-electron chi connectivity index (χ1n) is 11.2. The fourth-order valence-corrected chi connectivity index (χ4v) is 5.63. The minimum Gasteiger partial charge on any atom is -0.459 e. The van der Waals surface area contributed by atoms with E-state index in [-0.39, 0.29) is 17.8 Å². The number of H-pyrrole nitrogens is 1. The van der Waals surface area contributed by atoms with E-state index in [1.54, 1.807) is 24.5 Å². The molecule has 3 aromatic heterocycles. The van der Waals surface area contributed by atoms with E-state index >= 15 is 0 Å². The minimum absolute atomic E-state index is 0.00763. The fraction of sp³-hybridized carbons (Fsp3) is 0.200. The number of aromatic amines is 1. The zero-order chi connectivity index (χ0) is 26.3. The number of nitrogens with one attached hydrogen (secondary N) is 1. The van der Waals surface area contributed by atoms with Crippen molar-refractivity contribution in [2.75, 3.05) is 10.8 Å². The SMILES string of the molecule is CC(C)(C)OC(=O)CN(Sc1cc(Cl)cc(Cl)c1)c1ccc2c(ccn2-c2nc(Cl)nc3[nH]cnc23)c1. The second-order valence-corrected chi connectivity index (χ2v) is 11.5. The number of aromatic nitrogens is 5. The molecule has 1 N–H and O–H groups in total. The summed E-state index contributed by atoms with van der Waals surface area (Å²) >= 11 is 19.9. The maximum atomic E-state index is 12.8. The summed E-state index contributed by atoms with van der Waals surface area (Å²) in [6, 6.07) is 13.1. The van der Waals surface area contributed by atoms with Gasteiger partial charge < -0.3 is 14.0 Å². The van der Waals surface area contributed by atoms with Crippen molar-refractivity contribution in [2.45, 2.75) is 31.3 Å². The predicted molar refractivity (Wildman–Crippen MR) is 149 cm³/mol. The molecule has 2 aromatic carbocycles. The van der Waals surface area contributed by atoms with E-state index in [0.717, 1.165) is 21.5 Å². The number of fused-ring (bicyclic) bond motifs is 2. The average molecular weight is 576 g/mol.